The number of ether oxygens (including phenoxy) is 3. The molecule has 33 heavy (non-hydrogen) atoms. The zero-order chi connectivity index (χ0) is 24.6. The minimum Gasteiger partial charge on any atom is -0.478 e. The lowest BCUT2D eigenvalue weighted by molar-refractivity contribution is -0.133. The zero-order valence-electron chi connectivity index (χ0n) is 20.4. The molecule has 2 rings (SSSR count). The van der Waals surface area contributed by atoms with Gasteiger partial charge in [0, 0.05) is 32.1 Å². The number of rotatable bonds is 9. The Morgan fingerprint density at radius 3 is 2.55 bits per heavy atom. The van der Waals surface area contributed by atoms with E-state index in [9.17, 15) is 19.5 Å². The number of nitrogens with one attached hydrogen (secondary N) is 2. The number of likely N-dealkylation sites (tertiary alicyclic amines) is 1. The Bertz CT molecular complexity index is 719. The minimum absolute atomic E-state index is 0.0157. The smallest absolute Gasteiger partial charge is 0.407 e. The molecule has 10 heteroatoms. The summed E-state index contributed by atoms with van der Waals surface area (Å²) in [7, 11) is 0. The van der Waals surface area contributed by atoms with Crippen LogP contribution in [-0.2, 0) is 23.8 Å². The molecule has 4 atom stereocenters. The summed E-state index contributed by atoms with van der Waals surface area (Å²) in [4.78, 5) is 38.5. The van der Waals surface area contributed by atoms with Gasteiger partial charge >= 0.3 is 12.1 Å². The van der Waals surface area contributed by atoms with Crippen molar-refractivity contribution in [2.75, 3.05) is 32.9 Å². The lowest BCUT2D eigenvalue weighted by Gasteiger charge is -2.45. The van der Waals surface area contributed by atoms with Crippen molar-refractivity contribution in [2.24, 2.45) is 0 Å². The van der Waals surface area contributed by atoms with E-state index in [1.54, 1.807) is 26.8 Å². The lowest BCUT2D eigenvalue weighted by Crippen LogP contribution is -2.64. The molecule has 2 amide bonds. The number of carboxylic acid groups (broad SMARTS) is 1. The zero-order valence-corrected chi connectivity index (χ0v) is 20.4. The summed E-state index contributed by atoms with van der Waals surface area (Å²) in [6.07, 6.45) is 2.89. The van der Waals surface area contributed by atoms with E-state index < -0.39 is 35.8 Å². The Labute approximate surface area is 196 Å². The van der Waals surface area contributed by atoms with Crippen molar-refractivity contribution in [2.45, 2.75) is 83.7 Å². The maximum Gasteiger partial charge on any atom is 0.407 e. The second-order valence-corrected chi connectivity index (χ2v) is 9.50. The SMILES string of the molecule is CCOCCO[C@H]1CCCN([C@@H]2C=C(C(=O)O)C[C@H](NC(=O)OC(C)(C)C)[C@@H]2NC(C)=O)C1. The molecule has 1 fully saturated rings. The number of alkyl carbamates (subject to hydrolysis) is 1. The highest BCUT2D eigenvalue weighted by atomic mass is 16.6. The van der Waals surface area contributed by atoms with Crippen LogP contribution in [0.4, 0.5) is 4.79 Å². The summed E-state index contributed by atoms with van der Waals surface area (Å²) in [6, 6.07) is -1.56. The number of hydrogen-bond donors (Lipinski definition) is 3. The second-order valence-electron chi connectivity index (χ2n) is 9.50. The predicted molar refractivity (Wildman–Crippen MR) is 122 cm³/mol. The number of carbonyl (C=O) groups is 3. The van der Waals surface area contributed by atoms with Crippen molar-refractivity contribution in [1.82, 2.24) is 15.5 Å². The van der Waals surface area contributed by atoms with Crippen LogP contribution in [0.2, 0.25) is 0 Å². The average molecular weight is 470 g/mol. The van der Waals surface area contributed by atoms with E-state index >= 15 is 0 Å². The predicted octanol–water partition coefficient (Wildman–Crippen LogP) is 1.69. The summed E-state index contributed by atoms with van der Waals surface area (Å²) in [5.74, 6) is -1.30. The molecule has 1 aliphatic carbocycles. The van der Waals surface area contributed by atoms with Crippen LogP contribution in [0.5, 0.6) is 0 Å². The third kappa shape index (κ3) is 8.94. The van der Waals surface area contributed by atoms with Crippen molar-refractivity contribution in [3.63, 3.8) is 0 Å². The number of nitrogens with zero attached hydrogens (tertiary/aromatic N) is 1. The molecule has 0 aromatic carbocycles. The van der Waals surface area contributed by atoms with Gasteiger partial charge in [-0.1, -0.05) is 6.08 Å². The fourth-order valence-electron chi connectivity index (χ4n) is 4.28. The molecule has 0 radical (unpaired) electrons. The van der Waals surface area contributed by atoms with Crippen LogP contribution in [0.15, 0.2) is 11.6 Å². The van der Waals surface area contributed by atoms with Gasteiger partial charge < -0.3 is 30.0 Å². The van der Waals surface area contributed by atoms with Crippen molar-refractivity contribution in [3.05, 3.63) is 11.6 Å². The summed E-state index contributed by atoms with van der Waals surface area (Å²) < 4.78 is 16.7. The number of piperidine rings is 1. The van der Waals surface area contributed by atoms with Crippen LogP contribution >= 0.6 is 0 Å². The molecule has 0 aromatic rings. The quantitative estimate of drug-likeness (QED) is 0.436. The van der Waals surface area contributed by atoms with Gasteiger partial charge in [0.15, 0.2) is 0 Å². The Morgan fingerprint density at radius 2 is 1.94 bits per heavy atom. The first kappa shape index (κ1) is 27.1. The fourth-order valence-corrected chi connectivity index (χ4v) is 4.28. The minimum atomic E-state index is -1.04. The van der Waals surface area contributed by atoms with Gasteiger partial charge in [0.2, 0.25) is 5.91 Å². The number of amides is 2. The average Bonchev–Trinajstić information content (AvgIpc) is 2.70. The largest absolute Gasteiger partial charge is 0.478 e. The number of carboxylic acids is 1. The van der Waals surface area contributed by atoms with Crippen molar-refractivity contribution in [3.8, 4) is 0 Å². The standard InChI is InChI=1S/C23H39N3O7/c1-6-31-10-11-32-17-8-7-9-26(14-17)19-13-16(21(28)29)12-18(20(19)24-15(2)27)25-22(30)33-23(3,4)5/h13,17-20H,6-12,14H2,1-5H3,(H,24,27)(H,25,30)(H,28,29)/t17-,18-,19+,20-/m0/s1. The molecule has 1 saturated heterocycles. The van der Waals surface area contributed by atoms with Gasteiger partial charge in [-0.25, -0.2) is 9.59 Å². The van der Waals surface area contributed by atoms with Gasteiger partial charge in [0.05, 0.1) is 37.4 Å². The van der Waals surface area contributed by atoms with Gasteiger partial charge in [0.1, 0.15) is 5.60 Å². The van der Waals surface area contributed by atoms with Crippen LogP contribution in [0, 0.1) is 0 Å². The van der Waals surface area contributed by atoms with Gasteiger partial charge in [0.25, 0.3) is 0 Å². The van der Waals surface area contributed by atoms with E-state index in [0.29, 0.717) is 26.4 Å². The molecule has 0 unspecified atom stereocenters. The van der Waals surface area contributed by atoms with E-state index in [2.05, 4.69) is 15.5 Å². The van der Waals surface area contributed by atoms with Gasteiger partial charge in [-0.05, 0) is 47.1 Å². The number of carbonyl (C=O) groups excluding carboxylic acids is 2. The summed E-state index contributed by atoms with van der Waals surface area (Å²) in [5.41, 5.74) is -0.506. The fraction of sp³-hybridized carbons (Fsp3) is 0.783. The van der Waals surface area contributed by atoms with Gasteiger partial charge in [-0.3, -0.25) is 9.69 Å². The first-order chi connectivity index (χ1) is 15.5. The molecular weight excluding hydrogens is 430 g/mol. The Morgan fingerprint density at radius 1 is 1.21 bits per heavy atom. The first-order valence-corrected chi connectivity index (χ1v) is 11.6. The highest BCUT2D eigenvalue weighted by molar-refractivity contribution is 5.87. The van der Waals surface area contributed by atoms with Crippen LogP contribution in [0.1, 0.15) is 53.9 Å². The monoisotopic (exact) mass is 469 g/mol. The molecular formula is C23H39N3O7. The van der Waals surface area contributed by atoms with Crippen molar-refractivity contribution >= 4 is 18.0 Å². The van der Waals surface area contributed by atoms with E-state index in [4.69, 9.17) is 14.2 Å². The van der Waals surface area contributed by atoms with E-state index in [-0.39, 0.29) is 24.0 Å². The number of hydrogen-bond acceptors (Lipinski definition) is 7. The molecule has 0 bridgehead atoms. The van der Waals surface area contributed by atoms with Gasteiger partial charge in [-0.2, -0.15) is 0 Å². The summed E-state index contributed by atoms with van der Waals surface area (Å²) in [5, 5.41) is 15.4. The first-order valence-electron chi connectivity index (χ1n) is 11.6. The molecule has 3 N–H and O–H groups in total. The molecule has 0 aromatic heterocycles. The van der Waals surface area contributed by atoms with Crippen LogP contribution in [-0.4, -0.2) is 90.7 Å². The molecule has 188 valence electrons. The third-order valence-electron chi connectivity index (χ3n) is 5.58. The molecule has 10 nitrogen and oxygen atoms in total. The Hall–Kier alpha value is -2.17. The van der Waals surface area contributed by atoms with E-state index in [1.165, 1.54) is 6.92 Å². The Kier molecular flexibility index (Phi) is 10.1. The Balaban J connectivity index is 2.22. The normalized spacial score (nSPS) is 26.3. The van der Waals surface area contributed by atoms with Crippen molar-refractivity contribution in [1.29, 1.82) is 0 Å². The number of aliphatic carboxylic acids is 1. The van der Waals surface area contributed by atoms with Crippen LogP contribution < -0.4 is 10.6 Å². The summed E-state index contributed by atoms with van der Waals surface area (Å²) >= 11 is 0. The topological polar surface area (TPSA) is 126 Å². The molecule has 1 heterocycles. The molecule has 1 aliphatic heterocycles. The van der Waals surface area contributed by atoms with Crippen LogP contribution in [0.25, 0.3) is 0 Å². The molecule has 0 spiro atoms. The van der Waals surface area contributed by atoms with Gasteiger partial charge in [-0.15, -0.1) is 0 Å². The second kappa shape index (κ2) is 12.3. The van der Waals surface area contributed by atoms with Crippen LogP contribution in [0.3, 0.4) is 0 Å². The maximum absolute atomic E-state index is 12.5. The highest BCUT2D eigenvalue weighted by Crippen LogP contribution is 2.27. The lowest BCUT2D eigenvalue weighted by atomic mass is 9.84. The van der Waals surface area contributed by atoms with Crippen molar-refractivity contribution < 1.29 is 33.7 Å². The third-order valence-corrected chi connectivity index (χ3v) is 5.58. The van der Waals surface area contributed by atoms with E-state index in [0.717, 1.165) is 19.4 Å². The maximum atomic E-state index is 12.5. The highest BCUT2D eigenvalue weighted by Gasteiger charge is 2.41. The summed E-state index contributed by atoms with van der Waals surface area (Å²) in [6.45, 7) is 11.6. The molecule has 2 aliphatic rings. The molecule has 0 saturated carbocycles. The van der Waals surface area contributed by atoms with E-state index in [1.807, 2.05) is 6.92 Å².